The summed E-state index contributed by atoms with van der Waals surface area (Å²) in [5.74, 6) is 0.889. The summed E-state index contributed by atoms with van der Waals surface area (Å²) < 4.78 is 5.45. The molecule has 0 atom stereocenters. The normalized spacial score (nSPS) is 13.6. The van der Waals surface area contributed by atoms with Crippen molar-refractivity contribution in [3.05, 3.63) is 83.7 Å². The minimum Gasteiger partial charge on any atom is -0.497 e. The predicted octanol–water partition coefficient (Wildman–Crippen LogP) is 4.96. The third kappa shape index (κ3) is 5.80. The van der Waals surface area contributed by atoms with E-state index in [2.05, 4.69) is 88.4 Å². The smallest absolute Gasteiger partial charge is 0.119 e. The van der Waals surface area contributed by atoms with Crippen LogP contribution >= 0.6 is 0 Å². The van der Waals surface area contributed by atoms with E-state index in [9.17, 15) is 0 Å². The van der Waals surface area contributed by atoms with Crippen LogP contribution in [0.15, 0.2) is 66.9 Å². The zero-order valence-electron chi connectivity index (χ0n) is 19.5. The van der Waals surface area contributed by atoms with Crippen LogP contribution in [-0.2, 0) is 19.6 Å². The van der Waals surface area contributed by atoms with Gasteiger partial charge in [0.05, 0.1) is 12.8 Å². The molecule has 5 nitrogen and oxygen atoms in total. The summed E-state index contributed by atoms with van der Waals surface area (Å²) in [4.78, 5) is 11.6. The van der Waals surface area contributed by atoms with Gasteiger partial charge in [0.15, 0.2) is 0 Å². The number of ether oxygens (including phenoxy) is 1. The lowest BCUT2D eigenvalue weighted by atomic mass is 10.1. The monoisotopic (exact) mass is 430 g/mol. The van der Waals surface area contributed by atoms with E-state index in [-0.39, 0.29) is 0 Å². The van der Waals surface area contributed by atoms with Crippen LogP contribution in [0.2, 0.25) is 0 Å². The fourth-order valence-electron chi connectivity index (χ4n) is 4.31. The van der Waals surface area contributed by atoms with Crippen molar-refractivity contribution < 1.29 is 4.74 Å². The maximum Gasteiger partial charge on any atom is 0.119 e. The zero-order chi connectivity index (χ0) is 22.3. The fraction of sp³-hybridized carbons (Fsp3) is 0.370. The van der Waals surface area contributed by atoms with Gasteiger partial charge in [0.2, 0.25) is 0 Å². The van der Waals surface area contributed by atoms with Gasteiger partial charge in [-0.05, 0) is 74.5 Å². The third-order valence-electron chi connectivity index (χ3n) is 5.93. The van der Waals surface area contributed by atoms with Crippen molar-refractivity contribution in [2.45, 2.75) is 32.5 Å². The molecule has 1 fully saturated rings. The van der Waals surface area contributed by atoms with Crippen molar-refractivity contribution in [2.24, 2.45) is 0 Å². The lowest BCUT2D eigenvalue weighted by Gasteiger charge is -2.26. The van der Waals surface area contributed by atoms with E-state index in [0.717, 1.165) is 31.1 Å². The molecule has 2 aromatic carbocycles. The Kier molecular flexibility index (Phi) is 7.28. The van der Waals surface area contributed by atoms with Gasteiger partial charge in [0.25, 0.3) is 0 Å². The molecule has 4 rings (SSSR count). The SMILES string of the molecule is COc1cccc(CN(Cc2ccc(N3CCCC3)cc2)c2ccnc(CN(C)C)c2)c1. The van der Waals surface area contributed by atoms with Crippen LogP contribution in [0.3, 0.4) is 0 Å². The average Bonchev–Trinajstić information content (AvgIpc) is 3.34. The minimum absolute atomic E-state index is 0.802. The maximum absolute atomic E-state index is 5.45. The van der Waals surface area contributed by atoms with Crippen LogP contribution in [0.5, 0.6) is 5.75 Å². The summed E-state index contributed by atoms with van der Waals surface area (Å²) >= 11 is 0. The summed E-state index contributed by atoms with van der Waals surface area (Å²) in [5, 5.41) is 0. The van der Waals surface area contributed by atoms with Gasteiger partial charge < -0.3 is 19.4 Å². The molecule has 0 bridgehead atoms. The Hall–Kier alpha value is -3.05. The first-order valence-electron chi connectivity index (χ1n) is 11.4. The summed E-state index contributed by atoms with van der Waals surface area (Å²) in [7, 11) is 5.86. The fourth-order valence-corrected chi connectivity index (χ4v) is 4.31. The zero-order valence-corrected chi connectivity index (χ0v) is 19.5. The number of anilines is 2. The number of hydrogen-bond donors (Lipinski definition) is 0. The Morgan fingerprint density at radius 2 is 1.62 bits per heavy atom. The molecule has 2 heterocycles. The van der Waals surface area contributed by atoms with E-state index in [1.807, 2.05) is 12.3 Å². The van der Waals surface area contributed by atoms with Crippen LogP contribution in [-0.4, -0.2) is 44.2 Å². The molecule has 32 heavy (non-hydrogen) atoms. The highest BCUT2D eigenvalue weighted by atomic mass is 16.5. The average molecular weight is 431 g/mol. The van der Waals surface area contributed by atoms with Gasteiger partial charge in [-0.1, -0.05) is 24.3 Å². The Morgan fingerprint density at radius 1 is 0.875 bits per heavy atom. The van der Waals surface area contributed by atoms with Crippen LogP contribution in [0, 0.1) is 0 Å². The largest absolute Gasteiger partial charge is 0.497 e. The van der Waals surface area contributed by atoms with E-state index >= 15 is 0 Å². The van der Waals surface area contributed by atoms with Gasteiger partial charge >= 0.3 is 0 Å². The highest BCUT2D eigenvalue weighted by Gasteiger charge is 2.14. The molecular formula is C27H34N4O. The van der Waals surface area contributed by atoms with Crippen LogP contribution < -0.4 is 14.5 Å². The van der Waals surface area contributed by atoms with Gasteiger partial charge in [-0.2, -0.15) is 0 Å². The second-order valence-electron chi connectivity index (χ2n) is 8.81. The molecule has 168 valence electrons. The van der Waals surface area contributed by atoms with E-state index in [4.69, 9.17) is 4.74 Å². The second kappa shape index (κ2) is 10.5. The number of pyridine rings is 1. The number of methoxy groups -OCH3 is 1. The Balaban J connectivity index is 1.58. The first-order valence-corrected chi connectivity index (χ1v) is 11.4. The molecular weight excluding hydrogens is 396 g/mol. The van der Waals surface area contributed by atoms with Crippen molar-refractivity contribution in [1.29, 1.82) is 0 Å². The van der Waals surface area contributed by atoms with Gasteiger partial charge in [-0.3, -0.25) is 4.98 Å². The first kappa shape index (κ1) is 22.2. The van der Waals surface area contributed by atoms with Crippen LogP contribution in [0.25, 0.3) is 0 Å². The molecule has 0 spiro atoms. The highest BCUT2D eigenvalue weighted by Crippen LogP contribution is 2.25. The summed E-state index contributed by atoms with van der Waals surface area (Å²) in [6.45, 7) is 4.81. The maximum atomic E-state index is 5.45. The molecule has 1 aromatic heterocycles. The Morgan fingerprint density at radius 3 is 2.34 bits per heavy atom. The summed E-state index contributed by atoms with van der Waals surface area (Å²) in [5.41, 5.74) is 6.13. The van der Waals surface area contributed by atoms with Crippen molar-refractivity contribution >= 4 is 11.4 Å². The molecule has 0 aliphatic carbocycles. The molecule has 0 N–H and O–H groups in total. The Bertz CT molecular complexity index is 997. The van der Waals surface area contributed by atoms with Gasteiger partial charge in [-0.15, -0.1) is 0 Å². The van der Waals surface area contributed by atoms with Crippen molar-refractivity contribution in [3.63, 3.8) is 0 Å². The number of hydrogen-bond acceptors (Lipinski definition) is 5. The molecule has 1 aliphatic rings. The predicted molar refractivity (Wildman–Crippen MR) is 132 cm³/mol. The van der Waals surface area contributed by atoms with E-state index in [1.54, 1.807) is 7.11 Å². The first-order chi connectivity index (χ1) is 15.6. The molecule has 1 saturated heterocycles. The molecule has 3 aromatic rings. The number of rotatable bonds is 9. The van der Waals surface area contributed by atoms with Gasteiger partial charge in [0, 0.05) is 50.3 Å². The molecule has 0 saturated carbocycles. The topological polar surface area (TPSA) is 31.8 Å². The number of nitrogens with zero attached hydrogens (tertiary/aromatic N) is 4. The molecule has 5 heteroatoms. The molecule has 0 amide bonds. The van der Waals surface area contributed by atoms with Gasteiger partial charge in [0.1, 0.15) is 5.75 Å². The highest BCUT2D eigenvalue weighted by molar-refractivity contribution is 5.51. The standard InChI is InChI=1S/C27H34N4O/c1-29(2)21-24-18-26(13-14-28-24)31(20-23-7-6-8-27(17-23)32-3)19-22-9-11-25(12-10-22)30-15-4-5-16-30/h6-14,17-18H,4-5,15-16,19-21H2,1-3H3. The number of benzene rings is 2. The second-order valence-corrected chi connectivity index (χ2v) is 8.81. The third-order valence-corrected chi connectivity index (χ3v) is 5.93. The quantitative estimate of drug-likeness (QED) is 0.479. The molecule has 0 radical (unpaired) electrons. The van der Waals surface area contributed by atoms with Crippen molar-refractivity contribution in [3.8, 4) is 5.75 Å². The van der Waals surface area contributed by atoms with Crippen LogP contribution in [0.4, 0.5) is 11.4 Å². The van der Waals surface area contributed by atoms with E-state index in [0.29, 0.717) is 0 Å². The van der Waals surface area contributed by atoms with E-state index in [1.165, 1.54) is 48.4 Å². The number of aromatic nitrogens is 1. The minimum atomic E-state index is 0.802. The van der Waals surface area contributed by atoms with Crippen molar-refractivity contribution in [2.75, 3.05) is 44.1 Å². The van der Waals surface area contributed by atoms with E-state index < -0.39 is 0 Å². The van der Waals surface area contributed by atoms with Crippen molar-refractivity contribution in [1.82, 2.24) is 9.88 Å². The van der Waals surface area contributed by atoms with Gasteiger partial charge in [-0.25, -0.2) is 0 Å². The lowest BCUT2D eigenvalue weighted by Crippen LogP contribution is -2.23. The summed E-state index contributed by atoms with van der Waals surface area (Å²) in [6, 6.07) is 21.7. The lowest BCUT2D eigenvalue weighted by molar-refractivity contribution is 0.397. The Labute approximate surface area is 192 Å². The van der Waals surface area contributed by atoms with Crippen LogP contribution in [0.1, 0.15) is 29.7 Å². The molecule has 0 unspecified atom stereocenters. The molecule has 1 aliphatic heterocycles. The summed E-state index contributed by atoms with van der Waals surface area (Å²) in [6.07, 6.45) is 4.52.